The highest BCUT2D eigenvalue weighted by molar-refractivity contribution is 6.34. The Bertz CT molecular complexity index is 1610. The first-order valence-electron chi connectivity index (χ1n) is 15.9. The van der Waals surface area contributed by atoms with Crippen LogP contribution in [-0.2, 0) is 13.0 Å². The number of carbonyl (C=O) groups excluding carboxylic acids is 1. The SMILES string of the molecule is Cc1ccc([C@@H](C)NCc2ccc(-c3ccc(Cl)c(C(=O)N[C@@H](CCC[C@@H]4CCN(C)C4)Cc4ccc(C#N)cc4)c3)o2)cc1. The molecule has 234 valence electrons. The Morgan fingerprint density at radius 1 is 1.09 bits per heavy atom. The molecule has 0 bridgehead atoms. The second-order valence-corrected chi connectivity index (χ2v) is 12.9. The van der Waals surface area contributed by atoms with Gasteiger partial charge in [-0.2, -0.15) is 5.26 Å². The molecule has 0 unspecified atom stereocenters. The van der Waals surface area contributed by atoms with E-state index in [0.717, 1.165) is 49.2 Å². The predicted octanol–water partition coefficient (Wildman–Crippen LogP) is 8.09. The van der Waals surface area contributed by atoms with Crippen molar-refractivity contribution in [2.24, 2.45) is 5.92 Å². The van der Waals surface area contributed by atoms with Crippen LogP contribution in [0.3, 0.4) is 0 Å². The molecular formula is C38H43ClN4O2. The van der Waals surface area contributed by atoms with Crippen molar-refractivity contribution in [3.63, 3.8) is 0 Å². The number of halogens is 1. The maximum absolute atomic E-state index is 13.7. The molecule has 45 heavy (non-hydrogen) atoms. The zero-order valence-electron chi connectivity index (χ0n) is 26.5. The predicted molar refractivity (Wildman–Crippen MR) is 181 cm³/mol. The van der Waals surface area contributed by atoms with Crippen LogP contribution < -0.4 is 10.6 Å². The van der Waals surface area contributed by atoms with E-state index >= 15 is 0 Å². The molecule has 1 aliphatic rings. The normalized spacial score (nSPS) is 16.3. The number of hydrogen-bond donors (Lipinski definition) is 2. The molecule has 1 fully saturated rings. The van der Waals surface area contributed by atoms with Crippen molar-refractivity contribution in [3.05, 3.63) is 117 Å². The Balaban J connectivity index is 1.24. The van der Waals surface area contributed by atoms with E-state index in [2.05, 4.69) is 66.8 Å². The minimum absolute atomic E-state index is 0.0545. The molecule has 5 rings (SSSR count). The number of aryl methyl sites for hydroxylation is 1. The monoisotopic (exact) mass is 622 g/mol. The molecule has 6 nitrogen and oxygen atoms in total. The minimum Gasteiger partial charge on any atom is -0.460 e. The number of nitriles is 1. The van der Waals surface area contributed by atoms with Gasteiger partial charge in [-0.15, -0.1) is 0 Å². The van der Waals surface area contributed by atoms with Gasteiger partial charge in [-0.1, -0.05) is 60.0 Å². The lowest BCUT2D eigenvalue weighted by atomic mass is 9.95. The van der Waals surface area contributed by atoms with E-state index in [4.69, 9.17) is 16.0 Å². The Kier molecular flexibility index (Phi) is 11.1. The number of carbonyl (C=O) groups is 1. The fraction of sp³-hybridized carbons (Fsp3) is 0.368. The molecule has 1 saturated heterocycles. The van der Waals surface area contributed by atoms with E-state index in [-0.39, 0.29) is 18.0 Å². The highest BCUT2D eigenvalue weighted by Gasteiger charge is 2.22. The smallest absolute Gasteiger partial charge is 0.253 e. The zero-order chi connectivity index (χ0) is 31.8. The van der Waals surface area contributed by atoms with Crippen LogP contribution in [-0.4, -0.2) is 37.0 Å². The third-order valence-corrected chi connectivity index (χ3v) is 9.20. The number of amides is 1. The molecule has 2 heterocycles. The second-order valence-electron chi connectivity index (χ2n) is 12.5. The van der Waals surface area contributed by atoms with Crippen LogP contribution >= 0.6 is 11.6 Å². The maximum Gasteiger partial charge on any atom is 0.253 e. The van der Waals surface area contributed by atoms with Gasteiger partial charge in [-0.3, -0.25) is 4.79 Å². The number of nitrogens with one attached hydrogen (secondary N) is 2. The van der Waals surface area contributed by atoms with E-state index in [1.165, 1.54) is 17.5 Å². The van der Waals surface area contributed by atoms with Gasteiger partial charge in [0.1, 0.15) is 11.5 Å². The van der Waals surface area contributed by atoms with Gasteiger partial charge in [0, 0.05) is 24.2 Å². The number of hydrogen-bond acceptors (Lipinski definition) is 5. The highest BCUT2D eigenvalue weighted by Crippen LogP contribution is 2.28. The fourth-order valence-electron chi connectivity index (χ4n) is 6.11. The number of benzene rings is 3. The second kappa shape index (κ2) is 15.4. The molecule has 1 amide bonds. The van der Waals surface area contributed by atoms with E-state index in [9.17, 15) is 10.1 Å². The Labute approximate surface area is 272 Å². The van der Waals surface area contributed by atoms with Crippen molar-refractivity contribution in [2.75, 3.05) is 20.1 Å². The number of likely N-dealkylation sites (tertiary alicyclic amines) is 1. The van der Waals surface area contributed by atoms with Gasteiger partial charge in [-0.25, -0.2) is 0 Å². The first kappa shape index (κ1) is 32.5. The third kappa shape index (κ3) is 9.08. The molecule has 7 heteroatoms. The number of rotatable bonds is 13. The quantitative estimate of drug-likeness (QED) is 0.157. The Morgan fingerprint density at radius 3 is 2.58 bits per heavy atom. The van der Waals surface area contributed by atoms with Crippen molar-refractivity contribution in [3.8, 4) is 17.4 Å². The standard InChI is InChI=1S/C38H43ClN4O2/c1-26-7-13-31(14-8-26)27(2)41-24-34-16-18-37(45-34)32-15-17-36(39)35(22-32)38(44)42-33(6-4-5-30-19-20-43(3)25-30)21-28-9-11-29(23-40)12-10-28/h7-18,22,27,30,33,41H,4-6,19-21,24-25H2,1-3H3,(H,42,44)/t27-,30-,33+/m1/s1. The van der Waals surface area contributed by atoms with Crippen LogP contribution in [0.4, 0.5) is 0 Å². The zero-order valence-corrected chi connectivity index (χ0v) is 27.2. The summed E-state index contributed by atoms with van der Waals surface area (Å²) >= 11 is 6.58. The van der Waals surface area contributed by atoms with Crippen LogP contribution in [0.15, 0.2) is 83.3 Å². The molecule has 4 aromatic rings. The fourth-order valence-corrected chi connectivity index (χ4v) is 6.31. The van der Waals surface area contributed by atoms with Gasteiger partial charge in [0.05, 0.1) is 28.8 Å². The van der Waals surface area contributed by atoms with E-state index in [1.54, 1.807) is 6.07 Å². The molecule has 0 radical (unpaired) electrons. The van der Waals surface area contributed by atoms with Gasteiger partial charge in [0.2, 0.25) is 0 Å². The molecule has 1 aliphatic heterocycles. The topological polar surface area (TPSA) is 81.3 Å². The van der Waals surface area contributed by atoms with E-state index < -0.39 is 0 Å². The maximum atomic E-state index is 13.7. The first-order chi connectivity index (χ1) is 21.8. The molecule has 3 atom stereocenters. The molecule has 0 saturated carbocycles. The Hall–Kier alpha value is -3.89. The lowest BCUT2D eigenvalue weighted by Gasteiger charge is -2.21. The third-order valence-electron chi connectivity index (χ3n) is 8.87. The van der Waals surface area contributed by atoms with E-state index in [1.807, 2.05) is 48.5 Å². The van der Waals surface area contributed by atoms with Gasteiger partial charge in [0.25, 0.3) is 5.91 Å². The average molecular weight is 623 g/mol. The molecule has 1 aromatic heterocycles. The molecular weight excluding hydrogens is 580 g/mol. The molecule has 0 spiro atoms. The summed E-state index contributed by atoms with van der Waals surface area (Å²) in [6, 6.07) is 27.8. The minimum atomic E-state index is -0.193. The van der Waals surface area contributed by atoms with Crippen LogP contribution in [0.5, 0.6) is 0 Å². The van der Waals surface area contributed by atoms with Crippen molar-refractivity contribution >= 4 is 17.5 Å². The van der Waals surface area contributed by atoms with Crippen molar-refractivity contribution < 1.29 is 9.21 Å². The molecule has 0 aliphatic carbocycles. The summed E-state index contributed by atoms with van der Waals surface area (Å²) in [6.45, 7) is 7.12. The number of furan rings is 1. The highest BCUT2D eigenvalue weighted by atomic mass is 35.5. The van der Waals surface area contributed by atoms with Crippen LogP contribution in [0.1, 0.15) is 77.0 Å². The van der Waals surface area contributed by atoms with Crippen LogP contribution in [0.25, 0.3) is 11.3 Å². The van der Waals surface area contributed by atoms with Gasteiger partial charge >= 0.3 is 0 Å². The number of nitrogens with zero attached hydrogens (tertiary/aromatic N) is 2. The van der Waals surface area contributed by atoms with Crippen LogP contribution in [0, 0.1) is 24.2 Å². The summed E-state index contributed by atoms with van der Waals surface area (Å²) < 4.78 is 6.17. The molecule has 2 N–H and O–H groups in total. The lowest BCUT2D eigenvalue weighted by Crippen LogP contribution is -2.36. The van der Waals surface area contributed by atoms with Gasteiger partial charge in [-0.05, 0) is 113 Å². The average Bonchev–Trinajstić information content (AvgIpc) is 3.69. The summed E-state index contributed by atoms with van der Waals surface area (Å²) in [5, 5.41) is 16.4. The van der Waals surface area contributed by atoms with Crippen LogP contribution in [0.2, 0.25) is 5.02 Å². The summed E-state index contributed by atoms with van der Waals surface area (Å²) in [5.41, 5.74) is 5.42. The van der Waals surface area contributed by atoms with Crippen molar-refractivity contribution in [2.45, 2.75) is 64.6 Å². The van der Waals surface area contributed by atoms with E-state index in [0.29, 0.717) is 40.8 Å². The first-order valence-corrected chi connectivity index (χ1v) is 16.3. The lowest BCUT2D eigenvalue weighted by molar-refractivity contribution is 0.0934. The van der Waals surface area contributed by atoms with Crippen molar-refractivity contribution in [1.29, 1.82) is 5.26 Å². The summed E-state index contributed by atoms with van der Waals surface area (Å²) in [6.07, 6.45) is 4.99. The summed E-state index contributed by atoms with van der Waals surface area (Å²) in [5.74, 6) is 2.03. The Morgan fingerprint density at radius 2 is 1.87 bits per heavy atom. The summed E-state index contributed by atoms with van der Waals surface area (Å²) in [7, 11) is 2.18. The summed E-state index contributed by atoms with van der Waals surface area (Å²) in [4.78, 5) is 16.1. The largest absolute Gasteiger partial charge is 0.460 e. The van der Waals surface area contributed by atoms with Gasteiger partial charge < -0.3 is 20.0 Å². The molecule has 3 aromatic carbocycles. The van der Waals surface area contributed by atoms with Crippen molar-refractivity contribution in [1.82, 2.24) is 15.5 Å². The van der Waals surface area contributed by atoms with Gasteiger partial charge in [0.15, 0.2) is 0 Å².